The molecular formula is C21H28N4O3. The summed E-state index contributed by atoms with van der Waals surface area (Å²) in [6.45, 7) is 8.38. The second kappa shape index (κ2) is 6.97. The second-order valence-corrected chi connectivity index (χ2v) is 8.98. The molecule has 3 aliphatic heterocycles. The Morgan fingerprint density at radius 3 is 2.71 bits per heavy atom. The Morgan fingerprint density at radius 2 is 2.04 bits per heavy atom. The SMILES string of the molecule is CC1(C)CN(Cc2ccc3c(c2)C(=O)N(C2CCC(=O)NC2=O)C3)CC1CN. The van der Waals surface area contributed by atoms with Crippen molar-refractivity contribution in [3.63, 3.8) is 0 Å². The Kier molecular flexibility index (Phi) is 4.75. The number of hydrogen-bond donors (Lipinski definition) is 2. The molecule has 3 aliphatic rings. The van der Waals surface area contributed by atoms with Crippen LogP contribution in [0.15, 0.2) is 18.2 Å². The van der Waals surface area contributed by atoms with E-state index < -0.39 is 6.04 Å². The normalized spacial score (nSPS) is 27.2. The quantitative estimate of drug-likeness (QED) is 0.751. The van der Waals surface area contributed by atoms with Crippen molar-refractivity contribution in [1.82, 2.24) is 15.1 Å². The third kappa shape index (κ3) is 3.33. The largest absolute Gasteiger partial charge is 0.330 e. The van der Waals surface area contributed by atoms with Crippen molar-refractivity contribution in [2.45, 2.75) is 45.8 Å². The minimum absolute atomic E-state index is 0.118. The topological polar surface area (TPSA) is 95.7 Å². The minimum atomic E-state index is -0.564. The smallest absolute Gasteiger partial charge is 0.255 e. The van der Waals surface area contributed by atoms with E-state index in [0.717, 1.165) is 30.8 Å². The van der Waals surface area contributed by atoms with Gasteiger partial charge in [-0.15, -0.1) is 0 Å². The van der Waals surface area contributed by atoms with Gasteiger partial charge in [-0.3, -0.25) is 24.6 Å². The molecule has 7 heteroatoms. The molecule has 0 aliphatic carbocycles. The molecule has 28 heavy (non-hydrogen) atoms. The van der Waals surface area contributed by atoms with E-state index in [0.29, 0.717) is 31.0 Å². The molecule has 1 aromatic rings. The summed E-state index contributed by atoms with van der Waals surface area (Å²) in [6.07, 6.45) is 0.662. The fraction of sp³-hybridized carbons (Fsp3) is 0.571. The first-order valence-electron chi connectivity index (χ1n) is 9.97. The van der Waals surface area contributed by atoms with Gasteiger partial charge in [-0.05, 0) is 41.5 Å². The average molecular weight is 384 g/mol. The number of piperidine rings is 1. The van der Waals surface area contributed by atoms with Gasteiger partial charge in [0.25, 0.3) is 5.91 Å². The van der Waals surface area contributed by atoms with E-state index in [1.165, 1.54) is 0 Å². The highest BCUT2D eigenvalue weighted by atomic mass is 16.2. The fourth-order valence-corrected chi connectivity index (χ4v) is 4.80. The van der Waals surface area contributed by atoms with Gasteiger partial charge in [-0.1, -0.05) is 26.0 Å². The van der Waals surface area contributed by atoms with E-state index >= 15 is 0 Å². The van der Waals surface area contributed by atoms with Crippen LogP contribution in [0.25, 0.3) is 0 Å². The number of imide groups is 1. The molecule has 0 spiro atoms. The average Bonchev–Trinajstić information content (AvgIpc) is 3.11. The van der Waals surface area contributed by atoms with Gasteiger partial charge in [0.05, 0.1) is 0 Å². The number of nitrogens with one attached hydrogen (secondary N) is 1. The van der Waals surface area contributed by atoms with Crippen LogP contribution < -0.4 is 11.1 Å². The third-order valence-electron chi connectivity index (χ3n) is 6.50. The number of hydrogen-bond acceptors (Lipinski definition) is 5. The predicted octanol–water partition coefficient (Wildman–Crippen LogP) is 0.864. The standard InChI is InChI=1S/C21H28N4O3/c1-21(2)12-24(11-15(21)8-22)9-13-3-4-14-10-25(20(28)16(14)7-13)17-5-6-18(26)23-19(17)27/h3-4,7,15,17H,5-6,8-12,22H2,1-2H3,(H,23,26,27). The lowest BCUT2D eigenvalue weighted by molar-refractivity contribution is -0.136. The Hall–Kier alpha value is -2.25. The van der Waals surface area contributed by atoms with Crippen molar-refractivity contribution in [2.24, 2.45) is 17.1 Å². The summed E-state index contributed by atoms with van der Waals surface area (Å²) in [5.74, 6) is -0.277. The molecule has 1 aromatic carbocycles. The van der Waals surface area contributed by atoms with E-state index in [-0.39, 0.29) is 29.6 Å². The lowest BCUT2D eigenvalue weighted by Gasteiger charge is -2.29. The molecule has 0 radical (unpaired) electrons. The van der Waals surface area contributed by atoms with Crippen molar-refractivity contribution in [2.75, 3.05) is 19.6 Å². The number of nitrogens with two attached hydrogens (primary N) is 1. The number of benzene rings is 1. The van der Waals surface area contributed by atoms with E-state index in [4.69, 9.17) is 5.73 Å². The van der Waals surface area contributed by atoms with Crippen molar-refractivity contribution in [3.05, 3.63) is 34.9 Å². The van der Waals surface area contributed by atoms with Crippen molar-refractivity contribution in [1.29, 1.82) is 0 Å². The van der Waals surface area contributed by atoms with Crippen molar-refractivity contribution >= 4 is 17.7 Å². The zero-order chi connectivity index (χ0) is 20.1. The summed E-state index contributed by atoms with van der Waals surface area (Å²) in [6, 6.07) is 5.47. The van der Waals surface area contributed by atoms with Crippen LogP contribution in [-0.4, -0.2) is 53.2 Å². The summed E-state index contributed by atoms with van der Waals surface area (Å²) in [4.78, 5) is 40.5. The van der Waals surface area contributed by atoms with Gasteiger partial charge in [0.2, 0.25) is 11.8 Å². The summed E-state index contributed by atoms with van der Waals surface area (Å²) in [7, 11) is 0. The first kappa shape index (κ1) is 19.1. The van der Waals surface area contributed by atoms with Crippen molar-refractivity contribution in [3.8, 4) is 0 Å². The van der Waals surface area contributed by atoms with Gasteiger partial charge in [0.1, 0.15) is 6.04 Å². The van der Waals surface area contributed by atoms with Gasteiger partial charge in [-0.2, -0.15) is 0 Å². The highest BCUT2D eigenvalue weighted by Crippen LogP contribution is 2.35. The van der Waals surface area contributed by atoms with Crippen LogP contribution >= 0.6 is 0 Å². The van der Waals surface area contributed by atoms with Crippen LogP contribution in [0.4, 0.5) is 0 Å². The van der Waals surface area contributed by atoms with E-state index in [2.05, 4.69) is 30.1 Å². The lowest BCUT2D eigenvalue weighted by Crippen LogP contribution is -2.52. The van der Waals surface area contributed by atoms with Gasteiger partial charge >= 0.3 is 0 Å². The third-order valence-corrected chi connectivity index (χ3v) is 6.50. The fourth-order valence-electron chi connectivity index (χ4n) is 4.80. The minimum Gasteiger partial charge on any atom is -0.330 e. The number of carbonyl (C=O) groups excluding carboxylic acids is 3. The Morgan fingerprint density at radius 1 is 1.25 bits per heavy atom. The number of amides is 3. The van der Waals surface area contributed by atoms with Crippen LogP contribution in [0.3, 0.4) is 0 Å². The Labute approximate surface area is 165 Å². The molecule has 3 amide bonds. The van der Waals surface area contributed by atoms with E-state index in [1.54, 1.807) is 4.90 Å². The Bertz CT molecular complexity index is 835. The second-order valence-electron chi connectivity index (χ2n) is 8.98. The molecule has 2 unspecified atom stereocenters. The Balaban J connectivity index is 1.48. The molecule has 2 saturated heterocycles. The molecule has 7 nitrogen and oxygen atoms in total. The molecule has 0 aromatic heterocycles. The molecule has 0 saturated carbocycles. The maximum absolute atomic E-state index is 12.9. The molecule has 4 rings (SSSR count). The van der Waals surface area contributed by atoms with Crippen LogP contribution in [0.5, 0.6) is 0 Å². The number of fused-ring (bicyclic) bond motifs is 1. The van der Waals surface area contributed by atoms with Crippen LogP contribution in [0.1, 0.15) is 48.2 Å². The number of nitrogens with zero attached hydrogens (tertiary/aromatic N) is 2. The maximum atomic E-state index is 12.9. The summed E-state index contributed by atoms with van der Waals surface area (Å²) >= 11 is 0. The molecule has 3 heterocycles. The summed E-state index contributed by atoms with van der Waals surface area (Å²) < 4.78 is 0. The predicted molar refractivity (Wildman–Crippen MR) is 104 cm³/mol. The molecule has 2 atom stereocenters. The first-order valence-corrected chi connectivity index (χ1v) is 9.97. The molecule has 3 N–H and O–H groups in total. The van der Waals surface area contributed by atoms with Gasteiger partial charge in [0, 0.05) is 38.2 Å². The van der Waals surface area contributed by atoms with Crippen LogP contribution in [0.2, 0.25) is 0 Å². The highest BCUT2D eigenvalue weighted by Gasteiger charge is 2.40. The highest BCUT2D eigenvalue weighted by molar-refractivity contribution is 6.05. The van der Waals surface area contributed by atoms with Crippen LogP contribution in [-0.2, 0) is 22.7 Å². The first-order chi connectivity index (χ1) is 13.3. The number of rotatable bonds is 4. The summed E-state index contributed by atoms with van der Waals surface area (Å²) in [5, 5.41) is 2.34. The number of likely N-dealkylation sites (tertiary alicyclic amines) is 1. The van der Waals surface area contributed by atoms with Gasteiger partial charge in [-0.25, -0.2) is 0 Å². The number of carbonyl (C=O) groups is 3. The summed E-state index contributed by atoms with van der Waals surface area (Å²) in [5.41, 5.74) is 8.85. The lowest BCUT2D eigenvalue weighted by atomic mass is 9.82. The van der Waals surface area contributed by atoms with Gasteiger partial charge < -0.3 is 10.6 Å². The maximum Gasteiger partial charge on any atom is 0.255 e. The van der Waals surface area contributed by atoms with Crippen molar-refractivity contribution < 1.29 is 14.4 Å². The zero-order valence-electron chi connectivity index (χ0n) is 16.5. The molecule has 150 valence electrons. The zero-order valence-corrected chi connectivity index (χ0v) is 16.5. The van der Waals surface area contributed by atoms with E-state index in [9.17, 15) is 14.4 Å². The van der Waals surface area contributed by atoms with Crippen LogP contribution in [0, 0.1) is 11.3 Å². The monoisotopic (exact) mass is 384 g/mol. The molecular weight excluding hydrogens is 356 g/mol. The molecule has 0 bridgehead atoms. The van der Waals surface area contributed by atoms with E-state index in [1.807, 2.05) is 12.1 Å². The van der Waals surface area contributed by atoms with Gasteiger partial charge in [0.15, 0.2) is 0 Å². The molecule has 2 fully saturated rings.